The summed E-state index contributed by atoms with van der Waals surface area (Å²) in [4.78, 5) is 11.4. The van der Waals surface area contributed by atoms with Crippen molar-refractivity contribution in [1.82, 2.24) is 10.6 Å². The summed E-state index contributed by atoms with van der Waals surface area (Å²) in [5, 5.41) is 6.74. The molecule has 0 aliphatic carbocycles. The Labute approximate surface area is 137 Å². The molecule has 5 heteroatoms. The molecule has 0 aliphatic heterocycles. The zero-order valence-corrected chi connectivity index (χ0v) is 14.5. The fraction of sp³-hybridized carbons (Fsp3) is 0.471. The third kappa shape index (κ3) is 8.05. The van der Waals surface area contributed by atoms with E-state index in [2.05, 4.69) is 16.7 Å². The lowest BCUT2D eigenvalue weighted by Crippen LogP contribution is -2.32. The first-order valence-corrected chi connectivity index (χ1v) is 7.73. The van der Waals surface area contributed by atoms with Crippen LogP contribution < -0.4 is 10.6 Å². The molecule has 0 saturated heterocycles. The largest absolute Gasteiger partial charge is 0.444 e. The Morgan fingerprint density at radius 1 is 1.27 bits per heavy atom. The van der Waals surface area contributed by atoms with Crippen LogP contribution in [0.5, 0.6) is 0 Å². The molecule has 4 nitrogen and oxygen atoms in total. The number of aryl methyl sites for hydroxylation is 1. The minimum atomic E-state index is -0.468. The SMILES string of the molecule is Cc1ccc(CNC/C=C/CNC(=O)OC(C)(C)C)cc1Cl. The third-order valence-electron chi connectivity index (χ3n) is 2.76. The Bertz CT molecular complexity index is 522. The van der Waals surface area contributed by atoms with E-state index in [4.69, 9.17) is 16.3 Å². The highest BCUT2D eigenvalue weighted by Crippen LogP contribution is 2.16. The molecule has 0 heterocycles. The maximum absolute atomic E-state index is 11.4. The number of carbonyl (C=O) groups excluding carboxylic acids is 1. The van der Waals surface area contributed by atoms with Gasteiger partial charge in [-0.15, -0.1) is 0 Å². The molecule has 22 heavy (non-hydrogen) atoms. The number of amides is 1. The van der Waals surface area contributed by atoms with Crippen molar-refractivity contribution in [2.45, 2.75) is 39.8 Å². The van der Waals surface area contributed by atoms with Gasteiger partial charge in [0.1, 0.15) is 5.60 Å². The van der Waals surface area contributed by atoms with Gasteiger partial charge in [0.25, 0.3) is 0 Å². The van der Waals surface area contributed by atoms with Crippen LogP contribution in [0.25, 0.3) is 0 Å². The molecule has 0 spiro atoms. The van der Waals surface area contributed by atoms with Gasteiger partial charge >= 0.3 is 6.09 Å². The van der Waals surface area contributed by atoms with E-state index < -0.39 is 11.7 Å². The van der Waals surface area contributed by atoms with Crippen molar-refractivity contribution in [1.29, 1.82) is 0 Å². The van der Waals surface area contributed by atoms with E-state index in [1.807, 2.05) is 52.0 Å². The summed E-state index contributed by atoms with van der Waals surface area (Å²) >= 11 is 6.08. The number of carbonyl (C=O) groups is 1. The van der Waals surface area contributed by atoms with Gasteiger partial charge in [-0.2, -0.15) is 0 Å². The van der Waals surface area contributed by atoms with E-state index in [9.17, 15) is 4.79 Å². The first-order chi connectivity index (χ1) is 10.3. The van der Waals surface area contributed by atoms with Crippen LogP contribution in [-0.4, -0.2) is 24.8 Å². The summed E-state index contributed by atoms with van der Waals surface area (Å²) in [5.41, 5.74) is 1.76. The lowest BCUT2D eigenvalue weighted by atomic mass is 10.1. The zero-order chi connectivity index (χ0) is 16.6. The number of halogens is 1. The normalized spacial score (nSPS) is 11.7. The van der Waals surface area contributed by atoms with Gasteiger partial charge in [-0.25, -0.2) is 4.79 Å². The van der Waals surface area contributed by atoms with Crippen molar-refractivity contribution in [3.05, 3.63) is 46.5 Å². The van der Waals surface area contributed by atoms with Crippen LogP contribution in [0.4, 0.5) is 4.79 Å². The van der Waals surface area contributed by atoms with Gasteiger partial charge in [-0.1, -0.05) is 35.9 Å². The van der Waals surface area contributed by atoms with E-state index in [-0.39, 0.29) is 0 Å². The highest BCUT2D eigenvalue weighted by molar-refractivity contribution is 6.31. The third-order valence-corrected chi connectivity index (χ3v) is 3.16. The molecule has 0 fully saturated rings. The first-order valence-electron chi connectivity index (χ1n) is 7.35. The maximum atomic E-state index is 11.4. The monoisotopic (exact) mass is 324 g/mol. The number of nitrogens with one attached hydrogen (secondary N) is 2. The molecule has 1 amide bonds. The second-order valence-corrected chi connectivity index (χ2v) is 6.48. The van der Waals surface area contributed by atoms with Crippen LogP contribution in [0.3, 0.4) is 0 Å². The number of alkyl carbamates (subject to hydrolysis) is 1. The molecule has 1 aromatic rings. The molecule has 0 aromatic heterocycles. The Kier molecular flexibility index (Phi) is 7.42. The van der Waals surface area contributed by atoms with Crippen molar-refractivity contribution < 1.29 is 9.53 Å². The molecular weight excluding hydrogens is 300 g/mol. The van der Waals surface area contributed by atoms with Crippen molar-refractivity contribution in [3.63, 3.8) is 0 Å². The van der Waals surface area contributed by atoms with E-state index in [1.165, 1.54) is 0 Å². The van der Waals surface area contributed by atoms with Crippen molar-refractivity contribution in [3.8, 4) is 0 Å². The fourth-order valence-electron chi connectivity index (χ4n) is 1.67. The number of hydrogen-bond donors (Lipinski definition) is 2. The lowest BCUT2D eigenvalue weighted by molar-refractivity contribution is 0.0534. The summed E-state index contributed by atoms with van der Waals surface area (Å²) in [7, 11) is 0. The minimum absolute atomic E-state index is 0.403. The number of hydrogen-bond acceptors (Lipinski definition) is 3. The molecule has 1 aromatic carbocycles. The van der Waals surface area contributed by atoms with Crippen LogP contribution in [-0.2, 0) is 11.3 Å². The predicted octanol–water partition coefficient (Wildman–Crippen LogP) is 3.82. The van der Waals surface area contributed by atoms with Gasteiger partial charge in [0, 0.05) is 24.7 Å². The molecule has 0 bridgehead atoms. The van der Waals surface area contributed by atoms with Crippen LogP contribution in [0.1, 0.15) is 31.9 Å². The van der Waals surface area contributed by atoms with Gasteiger partial charge in [0.15, 0.2) is 0 Å². The quantitative estimate of drug-likeness (QED) is 0.618. The molecule has 0 radical (unpaired) electrons. The molecule has 0 saturated carbocycles. The van der Waals surface area contributed by atoms with Gasteiger partial charge < -0.3 is 15.4 Å². The minimum Gasteiger partial charge on any atom is -0.444 e. The van der Waals surface area contributed by atoms with Gasteiger partial charge in [-0.05, 0) is 44.9 Å². The number of ether oxygens (including phenoxy) is 1. The van der Waals surface area contributed by atoms with Crippen LogP contribution in [0, 0.1) is 6.92 Å². The number of benzene rings is 1. The Morgan fingerprint density at radius 3 is 2.59 bits per heavy atom. The summed E-state index contributed by atoms with van der Waals surface area (Å²) in [6.45, 7) is 9.43. The van der Waals surface area contributed by atoms with Crippen molar-refractivity contribution >= 4 is 17.7 Å². The molecule has 122 valence electrons. The van der Waals surface area contributed by atoms with Crippen molar-refractivity contribution in [2.75, 3.05) is 13.1 Å². The zero-order valence-electron chi connectivity index (χ0n) is 13.7. The summed E-state index contributed by atoms with van der Waals surface area (Å²) in [6.07, 6.45) is 3.45. The average Bonchev–Trinajstić information content (AvgIpc) is 2.39. The van der Waals surface area contributed by atoms with Crippen LogP contribution in [0.2, 0.25) is 5.02 Å². The first kappa shape index (κ1) is 18.5. The van der Waals surface area contributed by atoms with Gasteiger partial charge in [0.05, 0.1) is 0 Å². The summed E-state index contributed by atoms with van der Waals surface area (Å²) in [5.74, 6) is 0. The van der Waals surface area contributed by atoms with E-state index in [0.717, 1.165) is 29.2 Å². The topological polar surface area (TPSA) is 50.4 Å². The van der Waals surface area contributed by atoms with E-state index in [0.29, 0.717) is 6.54 Å². The molecule has 0 atom stereocenters. The van der Waals surface area contributed by atoms with E-state index in [1.54, 1.807) is 0 Å². The highest BCUT2D eigenvalue weighted by Gasteiger charge is 2.14. The van der Waals surface area contributed by atoms with Crippen LogP contribution in [0.15, 0.2) is 30.4 Å². The predicted molar refractivity (Wildman–Crippen MR) is 91.3 cm³/mol. The van der Waals surface area contributed by atoms with Crippen LogP contribution >= 0.6 is 11.6 Å². The van der Waals surface area contributed by atoms with Gasteiger partial charge in [-0.3, -0.25) is 0 Å². The fourth-order valence-corrected chi connectivity index (χ4v) is 1.87. The van der Waals surface area contributed by atoms with E-state index >= 15 is 0 Å². The van der Waals surface area contributed by atoms with Crippen molar-refractivity contribution in [2.24, 2.45) is 0 Å². The van der Waals surface area contributed by atoms with Gasteiger partial charge in [0.2, 0.25) is 0 Å². The second kappa shape index (κ2) is 8.81. The average molecular weight is 325 g/mol. The lowest BCUT2D eigenvalue weighted by Gasteiger charge is -2.19. The summed E-state index contributed by atoms with van der Waals surface area (Å²) < 4.78 is 5.13. The molecule has 0 unspecified atom stereocenters. The molecular formula is C17H25ClN2O2. The molecule has 2 N–H and O–H groups in total. The number of rotatable bonds is 6. The second-order valence-electron chi connectivity index (χ2n) is 6.07. The standard InChI is InChI=1S/C17H25ClN2O2/c1-13-7-8-14(11-15(13)18)12-19-9-5-6-10-20-16(21)22-17(2,3)4/h5-8,11,19H,9-10,12H2,1-4H3,(H,20,21)/b6-5+. The highest BCUT2D eigenvalue weighted by atomic mass is 35.5. The maximum Gasteiger partial charge on any atom is 0.407 e. The molecule has 1 rings (SSSR count). The Morgan fingerprint density at radius 2 is 1.95 bits per heavy atom. The smallest absolute Gasteiger partial charge is 0.407 e. The Hall–Kier alpha value is -1.52. The summed E-state index contributed by atoms with van der Waals surface area (Å²) in [6, 6.07) is 6.04. The Balaban J connectivity index is 2.16. The molecule has 0 aliphatic rings.